The summed E-state index contributed by atoms with van der Waals surface area (Å²) < 4.78 is 5.31. The van der Waals surface area contributed by atoms with Crippen molar-refractivity contribution >= 4 is 5.91 Å². The Hall–Kier alpha value is -2.14. The molecule has 0 spiro atoms. The van der Waals surface area contributed by atoms with Gasteiger partial charge in [-0.15, -0.1) is 0 Å². The lowest BCUT2D eigenvalue weighted by Crippen LogP contribution is -2.33. The van der Waals surface area contributed by atoms with Crippen LogP contribution in [-0.2, 0) is 13.0 Å². The van der Waals surface area contributed by atoms with Gasteiger partial charge in [0.15, 0.2) is 5.76 Å². The predicted molar refractivity (Wildman–Crippen MR) is 70.5 cm³/mol. The van der Waals surface area contributed by atoms with Crippen molar-refractivity contribution in [3.8, 4) is 11.3 Å². The van der Waals surface area contributed by atoms with Gasteiger partial charge in [-0.25, -0.2) is 0 Å². The van der Waals surface area contributed by atoms with E-state index in [2.05, 4.69) is 5.16 Å². The zero-order valence-electron chi connectivity index (χ0n) is 10.7. The quantitative estimate of drug-likeness (QED) is 0.883. The maximum atomic E-state index is 12.2. The first-order valence-electron chi connectivity index (χ1n) is 6.24. The summed E-state index contributed by atoms with van der Waals surface area (Å²) in [4.78, 5) is 13.9. The number of benzene rings is 1. The van der Waals surface area contributed by atoms with Crippen LogP contribution in [0.1, 0.15) is 21.7 Å². The first kappa shape index (κ1) is 11.9. The molecule has 5 nitrogen and oxygen atoms in total. The topological polar surface area (TPSA) is 72.4 Å². The number of likely N-dealkylation sites (N-methyl/N-ethyl adjacent to an activating group) is 1. The van der Waals surface area contributed by atoms with E-state index in [9.17, 15) is 4.79 Å². The number of hydrogen-bond acceptors (Lipinski definition) is 4. The van der Waals surface area contributed by atoms with Crippen LogP contribution in [0.25, 0.3) is 11.3 Å². The van der Waals surface area contributed by atoms with Gasteiger partial charge in [0.2, 0.25) is 0 Å². The van der Waals surface area contributed by atoms with E-state index >= 15 is 0 Å². The Labute approximate surface area is 111 Å². The molecule has 0 fully saturated rings. The number of nitrogens with zero attached hydrogens (tertiary/aromatic N) is 2. The number of fused-ring (bicyclic) bond motifs is 1. The molecule has 1 aromatic carbocycles. The average Bonchev–Trinajstić information content (AvgIpc) is 2.87. The van der Waals surface area contributed by atoms with E-state index in [1.807, 2.05) is 24.3 Å². The summed E-state index contributed by atoms with van der Waals surface area (Å²) in [5, 5.41) is 4.07. The number of rotatable bonds is 2. The van der Waals surface area contributed by atoms with Crippen LogP contribution in [0, 0.1) is 0 Å². The highest BCUT2D eigenvalue weighted by molar-refractivity contribution is 6.01. The van der Waals surface area contributed by atoms with Crippen LogP contribution in [0.2, 0.25) is 0 Å². The van der Waals surface area contributed by atoms with Gasteiger partial charge in [-0.2, -0.15) is 0 Å². The second kappa shape index (κ2) is 4.51. The molecule has 0 unspecified atom stereocenters. The van der Waals surface area contributed by atoms with Crippen LogP contribution < -0.4 is 5.73 Å². The number of nitrogens with two attached hydrogens (primary N) is 1. The molecule has 2 heterocycles. The zero-order chi connectivity index (χ0) is 13.4. The summed E-state index contributed by atoms with van der Waals surface area (Å²) >= 11 is 0. The molecule has 1 aromatic heterocycles. The highest BCUT2D eigenvalue weighted by atomic mass is 16.5. The molecule has 0 bridgehead atoms. The Morgan fingerprint density at radius 1 is 1.47 bits per heavy atom. The van der Waals surface area contributed by atoms with Gasteiger partial charge < -0.3 is 15.2 Å². The third-order valence-corrected chi connectivity index (χ3v) is 3.43. The summed E-state index contributed by atoms with van der Waals surface area (Å²) in [6, 6.07) is 7.72. The number of aromatic nitrogens is 1. The van der Waals surface area contributed by atoms with Crippen LogP contribution in [0.3, 0.4) is 0 Å². The van der Waals surface area contributed by atoms with Gasteiger partial charge in [0.05, 0.1) is 0 Å². The standard InChI is InChI=1S/C14H15N3O2/c1-17-6-5-11-12(14(17)18)13(16-19-11)10-4-2-3-9(7-10)8-15/h2-4,7H,5-6,8,15H2,1H3. The summed E-state index contributed by atoms with van der Waals surface area (Å²) in [6.45, 7) is 1.13. The lowest BCUT2D eigenvalue weighted by Gasteiger charge is -2.21. The minimum atomic E-state index is -0.0318. The van der Waals surface area contributed by atoms with E-state index in [1.54, 1.807) is 11.9 Å². The molecule has 1 aliphatic heterocycles. The second-order valence-electron chi connectivity index (χ2n) is 4.71. The number of carbonyl (C=O) groups excluding carboxylic acids is 1. The van der Waals surface area contributed by atoms with Gasteiger partial charge >= 0.3 is 0 Å². The molecule has 1 amide bonds. The molecule has 0 atom stereocenters. The summed E-state index contributed by atoms with van der Waals surface area (Å²) in [5.74, 6) is 0.645. The van der Waals surface area contributed by atoms with Crippen LogP contribution in [0.5, 0.6) is 0 Å². The summed E-state index contributed by atoms with van der Waals surface area (Å²) in [7, 11) is 1.79. The minimum absolute atomic E-state index is 0.0318. The Bertz CT molecular complexity index is 633. The molecule has 19 heavy (non-hydrogen) atoms. The van der Waals surface area contributed by atoms with E-state index in [4.69, 9.17) is 10.3 Å². The van der Waals surface area contributed by atoms with Gasteiger partial charge in [-0.3, -0.25) is 4.79 Å². The summed E-state index contributed by atoms with van der Waals surface area (Å²) in [5.41, 5.74) is 8.72. The Morgan fingerprint density at radius 2 is 2.32 bits per heavy atom. The van der Waals surface area contributed by atoms with Crippen molar-refractivity contribution in [2.75, 3.05) is 13.6 Å². The normalized spacial score (nSPS) is 14.6. The Kier molecular flexibility index (Phi) is 2.83. The van der Waals surface area contributed by atoms with Crippen LogP contribution >= 0.6 is 0 Å². The Balaban J connectivity index is 2.11. The number of hydrogen-bond donors (Lipinski definition) is 1. The van der Waals surface area contributed by atoms with Crippen molar-refractivity contribution in [1.29, 1.82) is 0 Å². The monoisotopic (exact) mass is 257 g/mol. The molecule has 2 aromatic rings. The third-order valence-electron chi connectivity index (χ3n) is 3.43. The average molecular weight is 257 g/mol. The molecule has 1 aliphatic rings. The van der Waals surface area contributed by atoms with E-state index in [1.165, 1.54) is 0 Å². The maximum Gasteiger partial charge on any atom is 0.259 e. The second-order valence-corrected chi connectivity index (χ2v) is 4.71. The van der Waals surface area contributed by atoms with Crippen molar-refractivity contribution in [2.24, 2.45) is 5.73 Å². The van der Waals surface area contributed by atoms with Crippen LogP contribution in [0.4, 0.5) is 0 Å². The van der Waals surface area contributed by atoms with Crippen LogP contribution in [0.15, 0.2) is 28.8 Å². The molecule has 0 saturated carbocycles. The third kappa shape index (κ3) is 1.92. The molecule has 0 aliphatic carbocycles. The van der Waals surface area contributed by atoms with Gasteiger partial charge in [0, 0.05) is 32.1 Å². The SMILES string of the molecule is CN1CCc2onc(-c3cccc(CN)c3)c2C1=O. The molecule has 5 heteroatoms. The molecule has 3 rings (SSSR count). The summed E-state index contributed by atoms with van der Waals surface area (Å²) in [6.07, 6.45) is 0.709. The molecular weight excluding hydrogens is 242 g/mol. The van der Waals surface area contributed by atoms with Gasteiger partial charge in [0.25, 0.3) is 5.91 Å². The smallest absolute Gasteiger partial charge is 0.259 e. The lowest BCUT2D eigenvalue weighted by atomic mass is 10.00. The largest absolute Gasteiger partial charge is 0.360 e. The van der Waals surface area contributed by atoms with Crippen molar-refractivity contribution in [3.05, 3.63) is 41.2 Å². The van der Waals surface area contributed by atoms with Gasteiger partial charge in [-0.1, -0.05) is 23.4 Å². The first-order chi connectivity index (χ1) is 9.20. The van der Waals surface area contributed by atoms with Gasteiger partial charge in [0.1, 0.15) is 11.3 Å². The fraction of sp³-hybridized carbons (Fsp3) is 0.286. The highest BCUT2D eigenvalue weighted by Gasteiger charge is 2.30. The van der Waals surface area contributed by atoms with E-state index in [0.717, 1.165) is 11.1 Å². The first-order valence-corrected chi connectivity index (χ1v) is 6.24. The molecule has 98 valence electrons. The Morgan fingerprint density at radius 3 is 3.11 bits per heavy atom. The van der Waals surface area contributed by atoms with Crippen molar-refractivity contribution in [2.45, 2.75) is 13.0 Å². The van der Waals surface area contributed by atoms with Crippen molar-refractivity contribution < 1.29 is 9.32 Å². The molecule has 2 N–H and O–H groups in total. The van der Waals surface area contributed by atoms with E-state index in [-0.39, 0.29) is 5.91 Å². The highest BCUT2D eigenvalue weighted by Crippen LogP contribution is 2.29. The molecule has 0 radical (unpaired) electrons. The fourth-order valence-electron chi connectivity index (χ4n) is 2.32. The minimum Gasteiger partial charge on any atom is -0.360 e. The van der Waals surface area contributed by atoms with E-state index < -0.39 is 0 Å². The predicted octanol–water partition coefficient (Wildman–Crippen LogP) is 1.43. The fourth-order valence-corrected chi connectivity index (χ4v) is 2.32. The number of amides is 1. The molecule has 0 saturated heterocycles. The van der Waals surface area contributed by atoms with Gasteiger partial charge in [-0.05, 0) is 11.6 Å². The van der Waals surface area contributed by atoms with Crippen molar-refractivity contribution in [3.63, 3.8) is 0 Å². The maximum absolute atomic E-state index is 12.2. The van der Waals surface area contributed by atoms with E-state index in [0.29, 0.717) is 36.5 Å². The molecular formula is C14H15N3O2. The lowest BCUT2D eigenvalue weighted by molar-refractivity contribution is 0.0774. The van der Waals surface area contributed by atoms with Crippen molar-refractivity contribution in [1.82, 2.24) is 10.1 Å². The van der Waals surface area contributed by atoms with Crippen LogP contribution in [-0.4, -0.2) is 29.6 Å². The number of carbonyl (C=O) groups is 1. The zero-order valence-corrected chi connectivity index (χ0v) is 10.7.